The molecule has 0 fully saturated rings. The highest BCUT2D eigenvalue weighted by Crippen LogP contribution is 2.32. The second-order valence-electron chi connectivity index (χ2n) is 6.78. The monoisotopic (exact) mass is 484 g/mol. The van der Waals surface area contributed by atoms with Crippen molar-refractivity contribution in [3.8, 4) is 5.75 Å². The number of rotatable bonds is 3. The summed E-state index contributed by atoms with van der Waals surface area (Å²) in [5.41, 5.74) is -0.436. The highest BCUT2D eigenvalue weighted by molar-refractivity contribution is 7.90. The molecule has 8 nitrogen and oxygen atoms in total. The van der Waals surface area contributed by atoms with Crippen molar-refractivity contribution in [2.75, 3.05) is 5.32 Å². The van der Waals surface area contributed by atoms with Gasteiger partial charge in [0, 0.05) is 10.3 Å². The Hall–Kier alpha value is -3.47. The topological polar surface area (TPSA) is 113 Å². The highest BCUT2D eigenvalue weighted by Gasteiger charge is 2.29. The van der Waals surface area contributed by atoms with E-state index in [0.717, 1.165) is 4.68 Å². The zero-order valence-corrected chi connectivity index (χ0v) is 18.4. The van der Waals surface area contributed by atoms with Crippen LogP contribution in [0, 0.1) is 0 Å². The van der Waals surface area contributed by atoms with Gasteiger partial charge in [-0.3, -0.25) is 4.79 Å². The van der Waals surface area contributed by atoms with Gasteiger partial charge in [-0.15, -0.1) is 15.7 Å². The first-order valence-corrected chi connectivity index (χ1v) is 11.9. The van der Waals surface area contributed by atoms with Crippen LogP contribution in [-0.2, 0) is 10.0 Å². The Morgan fingerprint density at radius 2 is 1.84 bits per heavy atom. The lowest BCUT2D eigenvalue weighted by Crippen LogP contribution is -2.31. The molecule has 11 heteroatoms. The minimum absolute atomic E-state index is 0.0167. The zero-order valence-electron chi connectivity index (χ0n) is 16.1. The minimum atomic E-state index is -4.08. The van der Waals surface area contributed by atoms with Crippen LogP contribution in [0.4, 0.5) is 5.69 Å². The third-order valence-electron chi connectivity index (χ3n) is 4.79. The van der Waals surface area contributed by atoms with E-state index in [1.807, 2.05) is 0 Å². The average molecular weight is 485 g/mol. The zero-order chi connectivity index (χ0) is 22.5. The predicted octanol–water partition coefficient (Wildman–Crippen LogP) is 3.87. The number of anilines is 1. The van der Waals surface area contributed by atoms with Gasteiger partial charge in [-0.2, -0.15) is 18.2 Å². The lowest BCUT2D eigenvalue weighted by Gasteiger charge is -2.19. The maximum atomic E-state index is 13.4. The van der Waals surface area contributed by atoms with E-state index < -0.39 is 21.3 Å². The molecule has 5 rings (SSSR count). The Bertz CT molecular complexity index is 1620. The molecule has 3 heterocycles. The molecule has 1 aliphatic rings. The van der Waals surface area contributed by atoms with Crippen LogP contribution in [-0.4, -0.2) is 30.3 Å². The van der Waals surface area contributed by atoms with E-state index in [1.54, 1.807) is 54.6 Å². The minimum Gasteiger partial charge on any atom is -0.506 e. The fourth-order valence-corrected chi connectivity index (χ4v) is 5.42. The molecule has 0 saturated carbocycles. The summed E-state index contributed by atoms with van der Waals surface area (Å²) in [4.78, 5) is 14.1. The largest absolute Gasteiger partial charge is 0.506 e. The van der Waals surface area contributed by atoms with Crippen LogP contribution in [0.25, 0.3) is 10.9 Å². The predicted molar refractivity (Wildman–Crippen MR) is 126 cm³/mol. The fraction of sp³-hybridized carbons (Fsp3) is 0. The van der Waals surface area contributed by atoms with Crippen LogP contribution in [0.15, 0.2) is 79.9 Å². The first-order chi connectivity index (χ1) is 15.3. The quantitative estimate of drug-likeness (QED) is 0.428. The van der Waals surface area contributed by atoms with Crippen molar-refractivity contribution in [2.24, 2.45) is 9.50 Å². The molecule has 0 saturated heterocycles. The average Bonchev–Trinajstić information content (AvgIpc) is 3.18. The van der Waals surface area contributed by atoms with Crippen molar-refractivity contribution in [1.29, 1.82) is 0 Å². The normalized spacial score (nSPS) is 14.8. The summed E-state index contributed by atoms with van der Waals surface area (Å²) in [6.07, 6.45) is 1.47. The van der Waals surface area contributed by atoms with Gasteiger partial charge in [0.05, 0.1) is 21.8 Å². The molecule has 0 spiro atoms. The Morgan fingerprint density at radius 1 is 1.09 bits per heavy atom. The van der Waals surface area contributed by atoms with Crippen LogP contribution < -0.4 is 10.9 Å². The van der Waals surface area contributed by atoms with Gasteiger partial charge in [-0.05, 0) is 36.4 Å². The molecule has 0 aliphatic carbocycles. The van der Waals surface area contributed by atoms with Gasteiger partial charge in [0.15, 0.2) is 5.84 Å². The third kappa shape index (κ3) is 3.38. The number of aromatic hydroxyl groups is 1. The van der Waals surface area contributed by atoms with Crippen LogP contribution >= 0.6 is 22.9 Å². The van der Waals surface area contributed by atoms with Crippen molar-refractivity contribution < 1.29 is 13.5 Å². The number of nitrogens with one attached hydrogen (secondary N) is 1. The number of para-hydroxylation sites is 2. The number of hydrogen-bond acceptors (Lipinski definition) is 7. The Labute approximate surface area is 190 Å². The van der Waals surface area contributed by atoms with Gasteiger partial charge < -0.3 is 10.4 Å². The second kappa shape index (κ2) is 7.59. The highest BCUT2D eigenvalue weighted by atomic mass is 35.5. The molecule has 0 bridgehead atoms. The lowest BCUT2D eigenvalue weighted by molar-refractivity contribution is 0.478. The number of aromatic nitrogens is 1. The van der Waals surface area contributed by atoms with Gasteiger partial charge in [-0.25, -0.2) is 0 Å². The summed E-state index contributed by atoms with van der Waals surface area (Å²) < 4.78 is 30.8. The van der Waals surface area contributed by atoms with E-state index in [1.165, 1.54) is 23.6 Å². The number of benzene rings is 2. The van der Waals surface area contributed by atoms with Crippen molar-refractivity contribution in [2.45, 2.75) is 4.90 Å². The van der Waals surface area contributed by atoms with E-state index in [2.05, 4.69) is 14.8 Å². The summed E-state index contributed by atoms with van der Waals surface area (Å²) in [5, 5.41) is 18.4. The number of halogens is 1. The summed E-state index contributed by atoms with van der Waals surface area (Å²) in [5.74, 6) is -0.669. The fourth-order valence-electron chi connectivity index (χ4n) is 3.37. The molecule has 32 heavy (non-hydrogen) atoms. The molecule has 2 aromatic carbocycles. The summed E-state index contributed by atoms with van der Waals surface area (Å²) in [7, 11) is -4.08. The molecule has 0 amide bonds. The van der Waals surface area contributed by atoms with Crippen molar-refractivity contribution in [3.63, 3.8) is 0 Å². The standard InChI is InChI=1S/C21H13ClN4O4S2/c22-17-10-9-12(31-17)11-23-26-15-7-3-1-5-13(15)19(27)18(21(26)28)20-24-14-6-2-4-8-16(14)32(29,30)25-20/h1-11,27H,(H,24,25)/b23-11+. The molecule has 0 atom stereocenters. The Kier molecular flexibility index (Phi) is 4.85. The summed E-state index contributed by atoms with van der Waals surface area (Å²) >= 11 is 7.24. The molecule has 4 aromatic rings. The third-order valence-corrected chi connectivity index (χ3v) is 7.29. The van der Waals surface area contributed by atoms with Crippen LogP contribution in [0.5, 0.6) is 5.75 Å². The molecule has 160 valence electrons. The molecule has 1 aliphatic heterocycles. The Morgan fingerprint density at radius 3 is 2.62 bits per heavy atom. The number of amidine groups is 1. The van der Waals surface area contributed by atoms with E-state index in [4.69, 9.17) is 11.6 Å². The molecule has 0 radical (unpaired) electrons. The smallest absolute Gasteiger partial charge is 0.286 e. The summed E-state index contributed by atoms with van der Waals surface area (Å²) in [6, 6.07) is 16.3. The molecular formula is C21H13ClN4O4S2. The number of nitrogens with zero attached hydrogens (tertiary/aromatic N) is 3. The molecule has 2 aromatic heterocycles. The second-order valence-corrected chi connectivity index (χ2v) is 10.1. The van der Waals surface area contributed by atoms with Gasteiger partial charge in [0.1, 0.15) is 16.2 Å². The number of sulfonamides is 1. The van der Waals surface area contributed by atoms with E-state index in [-0.39, 0.29) is 22.0 Å². The van der Waals surface area contributed by atoms with Gasteiger partial charge >= 0.3 is 0 Å². The van der Waals surface area contributed by atoms with Crippen molar-refractivity contribution in [1.82, 2.24) is 4.68 Å². The van der Waals surface area contributed by atoms with Crippen LogP contribution in [0.3, 0.4) is 0 Å². The van der Waals surface area contributed by atoms with E-state index >= 15 is 0 Å². The maximum absolute atomic E-state index is 13.4. The van der Waals surface area contributed by atoms with E-state index in [0.29, 0.717) is 20.1 Å². The number of fused-ring (bicyclic) bond motifs is 2. The number of thiophene rings is 1. The lowest BCUT2D eigenvalue weighted by atomic mass is 10.1. The molecule has 0 unspecified atom stereocenters. The summed E-state index contributed by atoms with van der Waals surface area (Å²) in [6.45, 7) is 0. The van der Waals surface area contributed by atoms with Crippen LogP contribution in [0.1, 0.15) is 10.4 Å². The molecule has 2 N–H and O–H groups in total. The number of pyridine rings is 1. The van der Waals surface area contributed by atoms with Gasteiger partial charge in [-0.1, -0.05) is 35.9 Å². The van der Waals surface area contributed by atoms with Gasteiger partial charge in [0.25, 0.3) is 15.6 Å². The van der Waals surface area contributed by atoms with Gasteiger partial charge in [0.2, 0.25) is 0 Å². The SMILES string of the molecule is O=c1c(C2=NS(=O)(=O)c3ccccc3N2)c(O)c2ccccc2n1/N=C/c1ccc(Cl)s1. The van der Waals surface area contributed by atoms with Crippen molar-refractivity contribution >= 4 is 61.6 Å². The first kappa shape index (κ1) is 20.4. The van der Waals surface area contributed by atoms with E-state index in [9.17, 15) is 18.3 Å². The first-order valence-electron chi connectivity index (χ1n) is 9.23. The van der Waals surface area contributed by atoms with Crippen LogP contribution in [0.2, 0.25) is 4.34 Å². The maximum Gasteiger partial charge on any atom is 0.286 e. The number of hydrogen-bond donors (Lipinski definition) is 2. The van der Waals surface area contributed by atoms with Crippen molar-refractivity contribution in [3.05, 3.63) is 85.8 Å². The molecular weight excluding hydrogens is 472 g/mol. The Balaban J connectivity index is 1.76.